The normalized spacial score (nSPS) is 12.5. The van der Waals surface area contributed by atoms with E-state index in [9.17, 15) is 13.2 Å². The van der Waals surface area contributed by atoms with E-state index in [1.807, 2.05) is 17.5 Å². The molecule has 1 aromatic carbocycles. The predicted molar refractivity (Wildman–Crippen MR) is 118 cm³/mol. The molecule has 1 amide bonds. The first-order valence-corrected chi connectivity index (χ1v) is 11.8. The van der Waals surface area contributed by atoms with Gasteiger partial charge in [0.1, 0.15) is 6.04 Å². The van der Waals surface area contributed by atoms with Crippen molar-refractivity contribution in [2.75, 3.05) is 15.8 Å². The van der Waals surface area contributed by atoms with Gasteiger partial charge >= 0.3 is 0 Å². The number of rotatable bonds is 7. The maximum atomic E-state index is 12.8. The molecule has 0 spiro atoms. The molecule has 3 N–H and O–H groups in total. The summed E-state index contributed by atoms with van der Waals surface area (Å²) in [5, 5.41) is 11.8. The molecule has 1 unspecified atom stereocenters. The van der Waals surface area contributed by atoms with Gasteiger partial charge in [-0.2, -0.15) is 5.10 Å². The molecule has 29 heavy (non-hydrogen) atoms. The minimum atomic E-state index is -3.37. The van der Waals surface area contributed by atoms with E-state index in [0.717, 1.165) is 4.88 Å². The highest BCUT2D eigenvalue weighted by Gasteiger charge is 2.21. The summed E-state index contributed by atoms with van der Waals surface area (Å²) in [4.78, 5) is 13.7. The first kappa shape index (κ1) is 21.2. The number of carbonyl (C=O) groups excluding carboxylic acids is 1. The lowest BCUT2D eigenvalue weighted by molar-refractivity contribution is -0.118. The maximum absolute atomic E-state index is 12.8. The summed E-state index contributed by atoms with van der Waals surface area (Å²) < 4.78 is 28.1. The summed E-state index contributed by atoms with van der Waals surface area (Å²) in [5.41, 5.74) is 1.74. The number of hydrogen-bond donors (Lipinski definition) is 3. The topological polar surface area (TPSA) is 109 Å². The number of anilines is 2. The minimum absolute atomic E-state index is 0.0135. The van der Waals surface area contributed by atoms with E-state index in [0.29, 0.717) is 27.5 Å². The second kappa shape index (κ2) is 8.47. The standard InChI is InChI=1S/C18H21N5O3S3/c1-4-29(25,26)22-14-8-7-13(10-11(14)2)19-17(24)12(3)23-16(20-21-18(23)27)15-6-5-9-28-15/h5-10,12,22H,4H2,1-3H3,(H,19,24)(H,21,27). The molecule has 154 valence electrons. The lowest BCUT2D eigenvalue weighted by Crippen LogP contribution is -2.24. The smallest absolute Gasteiger partial charge is 0.247 e. The summed E-state index contributed by atoms with van der Waals surface area (Å²) in [6.07, 6.45) is 0. The third kappa shape index (κ3) is 4.74. The number of nitrogens with one attached hydrogen (secondary N) is 3. The van der Waals surface area contributed by atoms with E-state index in [4.69, 9.17) is 12.2 Å². The molecule has 0 saturated heterocycles. The zero-order valence-corrected chi connectivity index (χ0v) is 18.5. The largest absolute Gasteiger partial charge is 0.324 e. The average molecular weight is 452 g/mol. The van der Waals surface area contributed by atoms with E-state index in [2.05, 4.69) is 20.2 Å². The number of aromatic nitrogens is 3. The van der Waals surface area contributed by atoms with Crippen molar-refractivity contribution in [3.05, 3.63) is 46.0 Å². The van der Waals surface area contributed by atoms with Crippen LogP contribution in [0.5, 0.6) is 0 Å². The third-order valence-electron chi connectivity index (χ3n) is 4.35. The number of sulfonamides is 1. The van der Waals surface area contributed by atoms with Crippen molar-refractivity contribution in [3.63, 3.8) is 0 Å². The Balaban J connectivity index is 1.80. The highest BCUT2D eigenvalue weighted by molar-refractivity contribution is 7.92. The van der Waals surface area contributed by atoms with E-state index in [1.165, 1.54) is 11.3 Å². The van der Waals surface area contributed by atoms with E-state index in [-0.39, 0.29) is 11.7 Å². The summed E-state index contributed by atoms with van der Waals surface area (Å²) in [5.74, 6) is 0.329. The van der Waals surface area contributed by atoms with Crippen molar-refractivity contribution in [1.29, 1.82) is 0 Å². The van der Waals surface area contributed by atoms with Gasteiger partial charge in [0.15, 0.2) is 10.6 Å². The van der Waals surface area contributed by atoms with E-state index in [1.54, 1.807) is 43.5 Å². The van der Waals surface area contributed by atoms with Crippen LogP contribution in [0.25, 0.3) is 10.7 Å². The van der Waals surface area contributed by atoms with Crippen LogP contribution in [0.1, 0.15) is 25.5 Å². The number of H-pyrrole nitrogens is 1. The Kier molecular flexibility index (Phi) is 6.20. The quantitative estimate of drug-likeness (QED) is 0.472. The molecule has 1 atom stereocenters. The van der Waals surface area contributed by atoms with Gasteiger partial charge in [0.25, 0.3) is 0 Å². The van der Waals surface area contributed by atoms with Gasteiger partial charge in [0.05, 0.1) is 16.3 Å². The van der Waals surface area contributed by atoms with Gasteiger partial charge in [-0.3, -0.25) is 19.2 Å². The first-order valence-electron chi connectivity index (χ1n) is 8.84. The van der Waals surface area contributed by atoms with Crippen molar-refractivity contribution < 1.29 is 13.2 Å². The van der Waals surface area contributed by atoms with Gasteiger partial charge < -0.3 is 5.32 Å². The van der Waals surface area contributed by atoms with Crippen LogP contribution in [-0.4, -0.2) is 34.8 Å². The number of nitrogens with zero attached hydrogens (tertiary/aromatic N) is 2. The van der Waals surface area contributed by atoms with Gasteiger partial charge in [-0.1, -0.05) is 6.07 Å². The number of carbonyl (C=O) groups is 1. The monoisotopic (exact) mass is 451 g/mol. The summed E-state index contributed by atoms with van der Waals surface area (Å²) >= 11 is 6.82. The fourth-order valence-corrected chi connectivity index (χ4v) is 4.41. The van der Waals surface area contributed by atoms with Gasteiger partial charge in [-0.05, 0) is 68.2 Å². The van der Waals surface area contributed by atoms with E-state index >= 15 is 0 Å². The molecule has 3 rings (SSSR count). The Hall–Kier alpha value is -2.50. The summed E-state index contributed by atoms with van der Waals surface area (Å²) in [7, 11) is -3.37. The second-order valence-corrected chi connectivity index (χ2v) is 9.75. The van der Waals surface area contributed by atoms with Crippen LogP contribution in [0, 0.1) is 11.7 Å². The van der Waals surface area contributed by atoms with Gasteiger partial charge in [-0.25, -0.2) is 8.42 Å². The molecule has 11 heteroatoms. The van der Waals surface area contributed by atoms with Crippen LogP contribution in [0.2, 0.25) is 0 Å². The molecule has 3 aromatic rings. The Labute approximate surface area is 178 Å². The predicted octanol–water partition coefficient (Wildman–Crippen LogP) is 3.94. The number of aromatic amines is 1. The first-order chi connectivity index (χ1) is 13.7. The number of hydrogen-bond acceptors (Lipinski definition) is 6. The van der Waals surface area contributed by atoms with Crippen LogP contribution < -0.4 is 10.0 Å². The molecule has 0 aliphatic rings. The van der Waals surface area contributed by atoms with Crippen LogP contribution in [0.3, 0.4) is 0 Å². The van der Waals surface area contributed by atoms with Crippen LogP contribution in [0.4, 0.5) is 11.4 Å². The minimum Gasteiger partial charge on any atom is -0.324 e. The lowest BCUT2D eigenvalue weighted by atomic mass is 10.2. The Bertz CT molecular complexity index is 1180. The molecule has 0 fully saturated rings. The molecule has 8 nitrogen and oxygen atoms in total. The van der Waals surface area contributed by atoms with Crippen molar-refractivity contribution in [2.24, 2.45) is 0 Å². The summed E-state index contributed by atoms with van der Waals surface area (Å²) in [6, 6.07) is 8.22. The third-order valence-corrected chi connectivity index (χ3v) is 6.80. The molecule has 0 radical (unpaired) electrons. The zero-order valence-electron chi connectivity index (χ0n) is 16.1. The van der Waals surface area contributed by atoms with Crippen LogP contribution >= 0.6 is 23.6 Å². The Morgan fingerprint density at radius 3 is 2.76 bits per heavy atom. The van der Waals surface area contributed by atoms with Gasteiger partial charge in [0, 0.05) is 5.69 Å². The average Bonchev–Trinajstić information content (AvgIpc) is 3.32. The highest BCUT2D eigenvalue weighted by Crippen LogP contribution is 2.27. The molecule has 0 aliphatic carbocycles. The summed E-state index contributed by atoms with van der Waals surface area (Å²) in [6.45, 7) is 5.08. The number of aryl methyl sites for hydroxylation is 1. The number of amides is 1. The van der Waals surface area contributed by atoms with Gasteiger partial charge in [-0.15, -0.1) is 11.3 Å². The van der Waals surface area contributed by atoms with Gasteiger partial charge in [0.2, 0.25) is 15.9 Å². The van der Waals surface area contributed by atoms with Crippen LogP contribution in [-0.2, 0) is 14.8 Å². The molecular formula is C18H21N5O3S3. The fraction of sp³-hybridized carbons (Fsp3) is 0.278. The molecule has 0 bridgehead atoms. The second-order valence-electron chi connectivity index (χ2n) is 6.40. The van der Waals surface area contributed by atoms with Crippen molar-refractivity contribution in [2.45, 2.75) is 26.8 Å². The molecular weight excluding hydrogens is 430 g/mol. The van der Waals surface area contributed by atoms with E-state index < -0.39 is 16.1 Å². The highest BCUT2D eigenvalue weighted by atomic mass is 32.2. The molecule has 2 heterocycles. The lowest BCUT2D eigenvalue weighted by Gasteiger charge is -2.16. The number of thiophene rings is 1. The van der Waals surface area contributed by atoms with Crippen molar-refractivity contribution in [3.8, 4) is 10.7 Å². The molecule has 0 saturated carbocycles. The Morgan fingerprint density at radius 1 is 1.38 bits per heavy atom. The number of benzene rings is 1. The van der Waals surface area contributed by atoms with Crippen molar-refractivity contribution >= 4 is 50.9 Å². The Morgan fingerprint density at radius 2 is 2.14 bits per heavy atom. The zero-order chi connectivity index (χ0) is 21.2. The molecule has 0 aliphatic heterocycles. The maximum Gasteiger partial charge on any atom is 0.247 e. The van der Waals surface area contributed by atoms with Crippen LogP contribution in [0.15, 0.2) is 35.7 Å². The SMILES string of the molecule is CCS(=O)(=O)Nc1ccc(NC(=O)C(C)n2c(-c3cccs3)n[nH]c2=S)cc1C. The molecule has 2 aromatic heterocycles. The fourth-order valence-electron chi connectivity index (χ4n) is 2.70. The van der Waals surface area contributed by atoms with Crippen molar-refractivity contribution in [1.82, 2.24) is 14.8 Å².